The van der Waals surface area contributed by atoms with Gasteiger partial charge >= 0.3 is 0 Å². The van der Waals surface area contributed by atoms with E-state index in [2.05, 4.69) is 36.5 Å². The average Bonchev–Trinajstić information content (AvgIpc) is 2.44. The maximum atomic E-state index is 12.1. The molecule has 1 aromatic heterocycles. The molecule has 1 heterocycles. The highest BCUT2D eigenvalue weighted by Crippen LogP contribution is 2.21. The molecule has 0 aliphatic rings. The molecule has 0 unspecified atom stereocenters. The average molecular weight is 335 g/mol. The summed E-state index contributed by atoms with van der Waals surface area (Å²) in [5.74, 6) is 0.379. The van der Waals surface area contributed by atoms with Crippen LogP contribution in [0, 0.1) is 6.92 Å². The molecule has 0 radical (unpaired) electrons. The van der Waals surface area contributed by atoms with Crippen LogP contribution in [0.2, 0.25) is 0 Å². The number of amides is 1. The van der Waals surface area contributed by atoms with Crippen LogP contribution in [0.1, 0.15) is 23.0 Å². The van der Waals surface area contributed by atoms with Gasteiger partial charge in [-0.1, -0.05) is 22.0 Å². The summed E-state index contributed by atoms with van der Waals surface area (Å²) in [5, 5.41) is 5.86. The monoisotopic (exact) mass is 334 g/mol. The van der Waals surface area contributed by atoms with E-state index in [4.69, 9.17) is 0 Å². The van der Waals surface area contributed by atoms with Crippen molar-refractivity contribution in [3.8, 4) is 0 Å². The molecule has 2 aromatic rings. The Hall–Kier alpha value is -1.95. The zero-order chi connectivity index (χ0) is 14.5. The Morgan fingerprint density at radius 2 is 2.10 bits per heavy atom. The summed E-state index contributed by atoms with van der Waals surface area (Å²) < 4.78 is 0.909. The van der Waals surface area contributed by atoms with Crippen LogP contribution in [0.3, 0.4) is 0 Å². The van der Waals surface area contributed by atoms with E-state index in [0.29, 0.717) is 5.82 Å². The number of carbonyl (C=O) groups is 1. The predicted molar refractivity (Wildman–Crippen MR) is 83.0 cm³/mol. The van der Waals surface area contributed by atoms with Gasteiger partial charge in [0, 0.05) is 16.7 Å². The van der Waals surface area contributed by atoms with Crippen LogP contribution in [0.25, 0.3) is 0 Å². The topological polar surface area (TPSA) is 66.9 Å². The molecule has 2 N–H and O–H groups in total. The van der Waals surface area contributed by atoms with Crippen LogP contribution < -0.4 is 10.6 Å². The van der Waals surface area contributed by atoms with Crippen molar-refractivity contribution in [2.45, 2.75) is 13.8 Å². The number of hydrogen-bond donors (Lipinski definition) is 2. The molecule has 5 nitrogen and oxygen atoms in total. The van der Waals surface area contributed by atoms with Crippen molar-refractivity contribution < 1.29 is 4.79 Å². The molecule has 0 saturated carbocycles. The van der Waals surface area contributed by atoms with Crippen LogP contribution in [-0.4, -0.2) is 22.4 Å². The lowest BCUT2D eigenvalue weighted by Crippen LogP contribution is -2.15. The number of anilines is 2. The Balaban J connectivity index is 2.13. The molecule has 0 saturated heterocycles. The molecule has 1 aromatic carbocycles. The molecule has 104 valence electrons. The quantitative estimate of drug-likeness (QED) is 0.900. The van der Waals surface area contributed by atoms with Crippen molar-refractivity contribution in [1.82, 2.24) is 9.97 Å². The molecule has 6 heteroatoms. The summed E-state index contributed by atoms with van der Waals surface area (Å²) in [6.07, 6.45) is 3.01. The summed E-state index contributed by atoms with van der Waals surface area (Å²) in [6.45, 7) is 4.66. The minimum atomic E-state index is -0.276. The van der Waals surface area contributed by atoms with Gasteiger partial charge in [0.05, 0.1) is 12.4 Å². The van der Waals surface area contributed by atoms with E-state index >= 15 is 0 Å². The van der Waals surface area contributed by atoms with Gasteiger partial charge in [0.25, 0.3) is 5.91 Å². The lowest BCUT2D eigenvalue weighted by Gasteiger charge is -2.08. The zero-order valence-electron chi connectivity index (χ0n) is 11.3. The number of benzene rings is 1. The normalized spacial score (nSPS) is 10.2. The number of nitrogens with zero attached hydrogens (tertiary/aromatic N) is 2. The third kappa shape index (κ3) is 3.54. The second-order valence-corrected chi connectivity index (χ2v) is 5.15. The molecule has 0 spiro atoms. The van der Waals surface area contributed by atoms with Crippen LogP contribution in [0.5, 0.6) is 0 Å². The molecular formula is C14H15BrN4O. The largest absolute Gasteiger partial charge is 0.369 e. The smallest absolute Gasteiger partial charge is 0.275 e. The molecule has 0 aliphatic heterocycles. The lowest BCUT2D eigenvalue weighted by atomic mass is 10.2. The van der Waals surface area contributed by atoms with E-state index in [1.54, 1.807) is 6.20 Å². The van der Waals surface area contributed by atoms with E-state index in [-0.39, 0.29) is 11.6 Å². The number of halogens is 1. The van der Waals surface area contributed by atoms with Crippen LogP contribution in [0.4, 0.5) is 11.5 Å². The first-order chi connectivity index (χ1) is 9.60. The molecule has 0 bridgehead atoms. The maximum Gasteiger partial charge on any atom is 0.275 e. The van der Waals surface area contributed by atoms with E-state index in [9.17, 15) is 4.79 Å². The van der Waals surface area contributed by atoms with Gasteiger partial charge in [0.1, 0.15) is 11.5 Å². The first kappa shape index (κ1) is 14.5. The number of hydrogen-bond acceptors (Lipinski definition) is 4. The number of aromatic nitrogens is 2. The minimum Gasteiger partial charge on any atom is -0.369 e. The van der Waals surface area contributed by atoms with Crippen molar-refractivity contribution >= 4 is 33.3 Å². The van der Waals surface area contributed by atoms with Gasteiger partial charge in [-0.2, -0.15) is 0 Å². The fourth-order valence-electron chi connectivity index (χ4n) is 1.63. The van der Waals surface area contributed by atoms with Gasteiger partial charge in [0.15, 0.2) is 0 Å². The summed E-state index contributed by atoms with van der Waals surface area (Å²) >= 11 is 3.38. The van der Waals surface area contributed by atoms with Crippen molar-refractivity contribution in [2.75, 3.05) is 17.2 Å². The molecular weight excluding hydrogens is 320 g/mol. The second-order valence-electron chi connectivity index (χ2n) is 4.23. The molecule has 0 fully saturated rings. The number of nitrogens with one attached hydrogen (secondary N) is 2. The Kier molecular flexibility index (Phi) is 4.68. The van der Waals surface area contributed by atoms with Crippen LogP contribution in [0.15, 0.2) is 35.1 Å². The summed E-state index contributed by atoms with van der Waals surface area (Å²) in [6, 6.07) is 5.71. The number of aryl methyl sites for hydroxylation is 1. The summed E-state index contributed by atoms with van der Waals surface area (Å²) in [5.41, 5.74) is 2.02. The highest BCUT2D eigenvalue weighted by atomic mass is 79.9. The van der Waals surface area contributed by atoms with Crippen molar-refractivity contribution in [1.29, 1.82) is 0 Å². The number of rotatable bonds is 4. The third-order valence-electron chi connectivity index (χ3n) is 2.69. The van der Waals surface area contributed by atoms with Crippen molar-refractivity contribution in [3.63, 3.8) is 0 Å². The molecule has 0 atom stereocenters. The van der Waals surface area contributed by atoms with E-state index in [1.807, 2.05) is 32.0 Å². The van der Waals surface area contributed by atoms with Crippen LogP contribution in [-0.2, 0) is 0 Å². The van der Waals surface area contributed by atoms with Gasteiger partial charge in [-0.3, -0.25) is 4.79 Å². The van der Waals surface area contributed by atoms with Gasteiger partial charge in [-0.15, -0.1) is 0 Å². The Morgan fingerprint density at radius 1 is 1.30 bits per heavy atom. The molecule has 1 amide bonds. The zero-order valence-corrected chi connectivity index (χ0v) is 12.9. The van der Waals surface area contributed by atoms with E-state index in [0.717, 1.165) is 22.3 Å². The standard InChI is InChI=1S/C14H15BrN4O/c1-3-16-13-8-17-12(7-18-13)14(20)19-11-6-10(15)5-4-9(11)2/h4-8H,3H2,1-2H3,(H,16,18)(H,19,20). The predicted octanol–water partition coefficient (Wildman–Crippen LogP) is 3.23. The molecule has 2 rings (SSSR count). The van der Waals surface area contributed by atoms with E-state index < -0.39 is 0 Å². The van der Waals surface area contributed by atoms with Gasteiger partial charge in [-0.05, 0) is 31.5 Å². The van der Waals surface area contributed by atoms with Crippen LogP contribution >= 0.6 is 15.9 Å². The first-order valence-corrected chi connectivity index (χ1v) is 7.03. The lowest BCUT2D eigenvalue weighted by molar-refractivity contribution is 0.102. The second kappa shape index (κ2) is 6.47. The highest BCUT2D eigenvalue weighted by molar-refractivity contribution is 9.10. The Morgan fingerprint density at radius 3 is 2.75 bits per heavy atom. The Bertz CT molecular complexity index is 613. The summed E-state index contributed by atoms with van der Waals surface area (Å²) in [4.78, 5) is 20.3. The van der Waals surface area contributed by atoms with Gasteiger partial charge in [-0.25, -0.2) is 9.97 Å². The fraction of sp³-hybridized carbons (Fsp3) is 0.214. The minimum absolute atomic E-state index is 0.276. The first-order valence-electron chi connectivity index (χ1n) is 6.23. The van der Waals surface area contributed by atoms with Gasteiger partial charge in [0.2, 0.25) is 0 Å². The highest BCUT2D eigenvalue weighted by Gasteiger charge is 2.10. The summed E-state index contributed by atoms with van der Waals surface area (Å²) in [7, 11) is 0. The number of carbonyl (C=O) groups excluding carboxylic acids is 1. The van der Waals surface area contributed by atoms with E-state index in [1.165, 1.54) is 6.20 Å². The maximum absolute atomic E-state index is 12.1. The Labute approximate surface area is 126 Å². The fourth-order valence-corrected chi connectivity index (χ4v) is 1.99. The van der Waals surface area contributed by atoms with Crippen molar-refractivity contribution in [2.24, 2.45) is 0 Å². The molecule has 0 aliphatic carbocycles. The van der Waals surface area contributed by atoms with Crippen molar-refractivity contribution in [3.05, 3.63) is 46.3 Å². The SMILES string of the molecule is CCNc1cnc(C(=O)Nc2cc(Br)ccc2C)cn1. The van der Waals surface area contributed by atoms with Gasteiger partial charge < -0.3 is 10.6 Å². The third-order valence-corrected chi connectivity index (χ3v) is 3.18. The molecule has 20 heavy (non-hydrogen) atoms.